The van der Waals surface area contributed by atoms with E-state index in [9.17, 15) is 9.59 Å². The van der Waals surface area contributed by atoms with Crippen molar-refractivity contribution in [2.24, 2.45) is 0 Å². The second kappa shape index (κ2) is 5.38. The predicted octanol–water partition coefficient (Wildman–Crippen LogP) is 3.93. The number of H-pyrrole nitrogens is 2. The van der Waals surface area contributed by atoms with Gasteiger partial charge in [-0.15, -0.1) is 0 Å². The van der Waals surface area contributed by atoms with Crippen LogP contribution in [0, 0.1) is 6.92 Å². The summed E-state index contributed by atoms with van der Waals surface area (Å²) in [7, 11) is 0. The van der Waals surface area contributed by atoms with Crippen molar-refractivity contribution in [3.05, 3.63) is 62.7 Å². The number of hydrogen-bond acceptors (Lipinski definition) is 3. The van der Waals surface area contributed by atoms with E-state index in [2.05, 4.69) is 31.2 Å². The summed E-state index contributed by atoms with van der Waals surface area (Å²) in [6.45, 7) is 1.85. The fourth-order valence-corrected chi connectivity index (χ4v) is 3.07. The van der Waals surface area contributed by atoms with E-state index in [-0.39, 0.29) is 17.4 Å². The largest absolute Gasteiger partial charge is 0.451 e. The Bertz CT molecular complexity index is 1150. The maximum Gasteiger partial charge on any atom is 0.323 e. The predicted molar refractivity (Wildman–Crippen MR) is 95.5 cm³/mol. The van der Waals surface area contributed by atoms with Crippen LogP contribution in [0.25, 0.3) is 22.0 Å². The number of aromatic nitrogens is 2. The minimum atomic E-state index is -0.336. The third kappa shape index (κ3) is 2.43. The summed E-state index contributed by atoms with van der Waals surface area (Å²) in [6, 6.07) is 10.7. The molecule has 120 valence electrons. The Balaban J connectivity index is 1.70. The highest BCUT2D eigenvalue weighted by atomic mass is 79.9. The second-order valence-electron chi connectivity index (χ2n) is 5.49. The van der Waals surface area contributed by atoms with Gasteiger partial charge in [0.15, 0.2) is 5.76 Å². The van der Waals surface area contributed by atoms with Gasteiger partial charge in [0, 0.05) is 21.1 Å². The molecule has 0 radical (unpaired) electrons. The number of rotatable bonds is 2. The first kappa shape index (κ1) is 14.8. The summed E-state index contributed by atoms with van der Waals surface area (Å²) in [4.78, 5) is 29.1. The monoisotopic (exact) mass is 385 g/mol. The first-order chi connectivity index (χ1) is 11.5. The molecule has 4 rings (SSSR count). The molecule has 0 spiro atoms. The zero-order valence-electron chi connectivity index (χ0n) is 12.6. The van der Waals surface area contributed by atoms with Crippen LogP contribution in [-0.2, 0) is 0 Å². The molecule has 0 unspecified atom stereocenters. The van der Waals surface area contributed by atoms with Crippen molar-refractivity contribution in [3.63, 3.8) is 0 Å². The van der Waals surface area contributed by atoms with Crippen LogP contribution in [0.1, 0.15) is 16.1 Å². The summed E-state index contributed by atoms with van der Waals surface area (Å²) in [6.07, 6.45) is 0. The van der Waals surface area contributed by atoms with Crippen molar-refractivity contribution < 1.29 is 9.21 Å². The van der Waals surface area contributed by atoms with E-state index in [4.69, 9.17) is 4.42 Å². The highest BCUT2D eigenvalue weighted by Crippen LogP contribution is 2.28. The Kier molecular flexibility index (Phi) is 3.31. The highest BCUT2D eigenvalue weighted by molar-refractivity contribution is 9.10. The van der Waals surface area contributed by atoms with Crippen molar-refractivity contribution >= 4 is 49.5 Å². The molecular weight excluding hydrogens is 374 g/mol. The number of aromatic amines is 2. The Hall–Kier alpha value is -2.80. The van der Waals surface area contributed by atoms with Crippen LogP contribution in [0.3, 0.4) is 0 Å². The van der Waals surface area contributed by atoms with Gasteiger partial charge in [-0.05, 0) is 43.3 Å². The summed E-state index contributed by atoms with van der Waals surface area (Å²) in [5, 5.41) is 3.68. The number of benzene rings is 2. The molecule has 0 aliphatic carbocycles. The molecule has 0 fully saturated rings. The summed E-state index contributed by atoms with van der Waals surface area (Å²) >= 11 is 3.42. The quantitative estimate of drug-likeness (QED) is 0.488. The zero-order valence-corrected chi connectivity index (χ0v) is 14.2. The molecule has 6 nitrogen and oxygen atoms in total. The van der Waals surface area contributed by atoms with E-state index in [0.29, 0.717) is 22.3 Å². The first-order valence-electron chi connectivity index (χ1n) is 7.23. The number of furan rings is 1. The molecule has 1 amide bonds. The smallest absolute Gasteiger partial charge is 0.323 e. The Morgan fingerprint density at radius 1 is 1.12 bits per heavy atom. The van der Waals surface area contributed by atoms with Gasteiger partial charge in [0.1, 0.15) is 5.58 Å². The average molecular weight is 386 g/mol. The standard InChI is InChI=1S/C17H12BrN3O3/c1-8-11-6-9(18)2-5-14(11)24-15(8)16(22)19-10-3-4-12-13(7-10)21-17(23)20-12/h2-7H,1H3,(H,19,22)(H2,20,21,23). The number of hydrogen-bond donors (Lipinski definition) is 3. The molecule has 0 saturated carbocycles. The molecule has 24 heavy (non-hydrogen) atoms. The average Bonchev–Trinajstić information content (AvgIpc) is 3.06. The van der Waals surface area contributed by atoms with Crippen LogP contribution in [0.15, 0.2) is 50.1 Å². The van der Waals surface area contributed by atoms with Crippen LogP contribution >= 0.6 is 15.9 Å². The van der Waals surface area contributed by atoms with E-state index in [0.717, 1.165) is 15.4 Å². The van der Waals surface area contributed by atoms with E-state index in [1.54, 1.807) is 18.2 Å². The molecule has 2 aromatic carbocycles. The van der Waals surface area contributed by atoms with E-state index >= 15 is 0 Å². The minimum Gasteiger partial charge on any atom is -0.451 e. The van der Waals surface area contributed by atoms with Crippen molar-refractivity contribution in [2.45, 2.75) is 6.92 Å². The van der Waals surface area contributed by atoms with Crippen LogP contribution in [0.4, 0.5) is 5.69 Å². The molecule has 0 aliphatic rings. The number of fused-ring (bicyclic) bond motifs is 2. The molecule has 0 saturated heterocycles. The Morgan fingerprint density at radius 2 is 1.92 bits per heavy atom. The maximum atomic E-state index is 12.5. The fourth-order valence-electron chi connectivity index (χ4n) is 2.71. The number of nitrogens with one attached hydrogen (secondary N) is 3. The van der Waals surface area contributed by atoms with Crippen molar-refractivity contribution in [1.29, 1.82) is 0 Å². The second-order valence-corrected chi connectivity index (χ2v) is 6.41. The van der Waals surface area contributed by atoms with Crippen LogP contribution < -0.4 is 11.0 Å². The van der Waals surface area contributed by atoms with Crippen LogP contribution in [0.2, 0.25) is 0 Å². The lowest BCUT2D eigenvalue weighted by atomic mass is 10.1. The third-order valence-electron chi connectivity index (χ3n) is 3.88. The molecular formula is C17H12BrN3O3. The lowest BCUT2D eigenvalue weighted by Crippen LogP contribution is -2.12. The van der Waals surface area contributed by atoms with Gasteiger partial charge in [-0.2, -0.15) is 0 Å². The number of carbonyl (C=O) groups is 1. The van der Waals surface area contributed by atoms with E-state index in [1.807, 2.05) is 25.1 Å². The number of aryl methyl sites for hydroxylation is 1. The zero-order chi connectivity index (χ0) is 16.8. The van der Waals surface area contributed by atoms with Gasteiger partial charge in [0.25, 0.3) is 5.91 Å². The molecule has 0 atom stereocenters. The Labute approximate surface area is 144 Å². The van der Waals surface area contributed by atoms with Crippen molar-refractivity contribution in [3.8, 4) is 0 Å². The minimum absolute atomic E-state index is 0.269. The Morgan fingerprint density at radius 3 is 2.75 bits per heavy atom. The van der Waals surface area contributed by atoms with Gasteiger partial charge in [0.2, 0.25) is 0 Å². The number of amides is 1. The summed E-state index contributed by atoms with van der Waals surface area (Å²) in [5.41, 5.74) is 3.04. The van der Waals surface area contributed by atoms with Gasteiger partial charge in [-0.1, -0.05) is 15.9 Å². The number of halogens is 1. The van der Waals surface area contributed by atoms with Crippen LogP contribution in [0.5, 0.6) is 0 Å². The van der Waals surface area contributed by atoms with Crippen LogP contribution in [-0.4, -0.2) is 15.9 Å². The first-order valence-corrected chi connectivity index (χ1v) is 8.02. The lowest BCUT2D eigenvalue weighted by molar-refractivity contribution is 0.0998. The molecule has 3 N–H and O–H groups in total. The molecule has 4 aromatic rings. The SMILES string of the molecule is Cc1c(C(=O)Nc2ccc3[nH]c(=O)[nH]c3c2)oc2ccc(Br)cc12. The topological polar surface area (TPSA) is 90.9 Å². The lowest BCUT2D eigenvalue weighted by Gasteiger charge is -2.03. The highest BCUT2D eigenvalue weighted by Gasteiger charge is 2.18. The van der Waals surface area contributed by atoms with E-state index in [1.165, 1.54) is 0 Å². The van der Waals surface area contributed by atoms with Gasteiger partial charge >= 0.3 is 5.69 Å². The normalized spacial score (nSPS) is 11.2. The molecule has 2 heterocycles. The van der Waals surface area contributed by atoms with Gasteiger partial charge in [0.05, 0.1) is 11.0 Å². The fraction of sp³-hybridized carbons (Fsp3) is 0.0588. The summed E-state index contributed by atoms with van der Waals surface area (Å²) < 4.78 is 6.61. The molecule has 2 aromatic heterocycles. The number of anilines is 1. The number of carbonyl (C=O) groups excluding carboxylic acids is 1. The van der Waals surface area contributed by atoms with Crippen molar-refractivity contribution in [1.82, 2.24) is 9.97 Å². The molecule has 0 aliphatic heterocycles. The summed E-state index contributed by atoms with van der Waals surface area (Å²) in [5.74, 6) is -0.0668. The van der Waals surface area contributed by atoms with Crippen molar-refractivity contribution in [2.75, 3.05) is 5.32 Å². The number of imidazole rings is 1. The van der Waals surface area contributed by atoms with Gasteiger partial charge in [-0.25, -0.2) is 4.79 Å². The molecule has 7 heteroatoms. The van der Waals surface area contributed by atoms with Gasteiger partial charge < -0.3 is 19.7 Å². The van der Waals surface area contributed by atoms with E-state index < -0.39 is 0 Å². The molecule has 0 bridgehead atoms. The van der Waals surface area contributed by atoms with Gasteiger partial charge in [-0.3, -0.25) is 4.79 Å². The third-order valence-corrected chi connectivity index (χ3v) is 4.37. The maximum absolute atomic E-state index is 12.5.